The molecule has 0 saturated heterocycles. The van der Waals surface area contributed by atoms with Crippen LogP contribution in [0.1, 0.15) is 0 Å². The van der Waals surface area contributed by atoms with E-state index < -0.39 is 0 Å². The lowest BCUT2D eigenvalue weighted by Gasteiger charge is -1.94. The van der Waals surface area contributed by atoms with Crippen LogP contribution in [0, 0.1) is 0 Å². The van der Waals surface area contributed by atoms with E-state index in [9.17, 15) is 5.11 Å². The van der Waals surface area contributed by atoms with Crippen LogP contribution in [0.4, 0.5) is 0 Å². The largest absolute Gasteiger partial charge is 0.508 e. The Morgan fingerprint density at radius 3 is 2.89 bits per heavy atom. The molecule has 2 heterocycles. The van der Waals surface area contributed by atoms with Crippen molar-refractivity contribution in [3.63, 3.8) is 0 Å². The Hall–Kier alpha value is -2.63. The molecule has 0 amide bonds. The summed E-state index contributed by atoms with van der Waals surface area (Å²) in [6, 6.07) is 6.70. The molecule has 90 valence electrons. The number of phenols is 1. The van der Waals surface area contributed by atoms with Crippen molar-refractivity contribution in [1.82, 2.24) is 19.9 Å². The summed E-state index contributed by atoms with van der Waals surface area (Å²) in [4.78, 5) is 4.26. The van der Waals surface area contributed by atoms with Crippen molar-refractivity contribution in [1.29, 1.82) is 0 Å². The zero-order valence-corrected chi connectivity index (χ0v) is 9.61. The average Bonchev–Trinajstić information content (AvgIpc) is 2.97. The Kier molecular flexibility index (Phi) is 2.33. The van der Waals surface area contributed by atoms with Crippen LogP contribution in [0.5, 0.6) is 5.75 Å². The molecule has 0 bridgehead atoms. The second kappa shape index (κ2) is 3.99. The third kappa shape index (κ3) is 1.84. The lowest BCUT2D eigenvalue weighted by Crippen LogP contribution is -1.84. The molecule has 6 nitrogen and oxygen atoms in total. The van der Waals surface area contributed by atoms with Crippen LogP contribution >= 0.6 is 0 Å². The Bertz CT molecular complexity index is 687. The number of rotatable bonds is 2. The highest BCUT2D eigenvalue weighted by atomic mass is 16.5. The number of aromatic hydroxyl groups is 1. The summed E-state index contributed by atoms with van der Waals surface area (Å²) in [6.07, 6.45) is 3.44. The van der Waals surface area contributed by atoms with E-state index >= 15 is 0 Å². The summed E-state index contributed by atoms with van der Waals surface area (Å²) in [5.41, 5.74) is 1.46. The lowest BCUT2D eigenvalue weighted by atomic mass is 10.2. The Labute approximate surface area is 102 Å². The van der Waals surface area contributed by atoms with Crippen molar-refractivity contribution >= 4 is 0 Å². The normalized spacial score (nSPS) is 10.7. The average molecular weight is 242 g/mol. The quantitative estimate of drug-likeness (QED) is 0.742. The Balaban J connectivity index is 1.99. The number of hydrogen-bond acceptors (Lipinski definition) is 5. The van der Waals surface area contributed by atoms with Gasteiger partial charge in [-0.15, -0.1) is 0 Å². The summed E-state index contributed by atoms with van der Waals surface area (Å²) in [7, 11) is 1.82. The van der Waals surface area contributed by atoms with Gasteiger partial charge in [0.1, 0.15) is 5.75 Å². The smallest absolute Gasteiger partial charge is 0.261 e. The number of aryl methyl sites for hydroxylation is 1. The maximum atomic E-state index is 9.40. The van der Waals surface area contributed by atoms with Gasteiger partial charge in [-0.1, -0.05) is 17.3 Å². The van der Waals surface area contributed by atoms with Crippen LogP contribution in [0.3, 0.4) is 0 Å². The SMILES string of the molecule is Cn1cc(-c2nc(-c3cccc(O)c3)no2)cn1. The van der Waals surface area contributed by atoms with E-state index in [1.807, 2.05) is 7.05 Å². The predicted octanol–water partition coefficient (Wildman–Crippen LogP) is 1.84. The summed E-state index contributed by atoms with van der Waals surface area (Å²) < 4.78 is 6.82. The van der Waals surface area contributed by atoms with Gasteiger partial charge in [-0.25, -0.2) is 0 Å². The summed E-state index contributed by atoms with van der Waals surface area (Å²) >= 11 is 0. The molecule has 0 aliphatic carbocycles. The minimum Gasteiger partial charge on any atom is -0.508 e. The van der Waals surface area contributed by atoms with Crippen molar-refractivity contribution in [3.8, 4) is 28.6 Å². The van der Waals surface area contributed by atoms with Gasteiger partial charge in [-0.3, -0.25) is 4.68 Å². The molecule has 1 aromatic carbocycles. The number of nitrogens with zero attached hydrogens (tertiary/aromatic N) is 4. The fraction of sp³-hybridized carbons (Fsp3) is 0.0833. The summed E-state index contributed by atoms with van der Waals surface area (Å²) in [6.45, 7) is 0. The van der Waals surface area contributed by atoms with Gasteiger partial charge >= 0.3 is 0 Å². The van der Waals surface area contributed by atoms with Gasteiger partial charge in [-0.2, -0.15) is 10.1 Å². The molecular weight excluding hydrogens is 232 g/mol. The maximum Gasteiger partial charge on any atom is 0.261 e. The number of hydrogen-bond donors (Lipinski definition) is 1. The molecule has 0 atom stereocenters. The first-order valence-electron chi connectivity index (χ1n) is 5.34. The summed E-state index contributed by atoms with van der Waals surface area (Å²) in [5, 5.41) is 17.3. The number of benzene rings is 1. The van der Waals surface area contributed by atoms with E-state index in [1.54, 1.807) is 41.3 Å². The highest BCUT2D eigenvalue weighted by Crippen LogP contribution is 2.23. The minimum absolute atomic E-state index is 0.167. The molecule has 18 heavy (non-hydrogen) atoms. The number of aromatic nitrogens is 4. The molecule has 3 rings (SSSR count). The van der Waals surface area contributed by atoms with E-state index in [0.717, 1.165) is 5.56 Å². The molecule has 0 spiro atoms. The highest BCUT2D eigenvalue weighted by Gasteiger charge is 2.12. The van der Waals surface area contributed by atoms with Crippen molar-refractivity contribution in [2.75, 3.05) is 0 Å². The second-order valence-corrected chi connectivity index (χ2v) is 3.88. The molecule has 2 aromatic heterocycles. The third-order valence-corrected chi connectivity index (χ3v) is 2.48. The monoisotopic (exact) mass is 242 g/mol. The minimum atomic E-state index is 0.167. The topological polar surface area (TPSA) is 77.0 Å². The Morgan fingerprint density at radius 2 is 2.17 bits per heavy atom. The number of phenolic OH excluding ortho intramolecular Hbond substituents is 1. The standard InChI is InChI=1S/C12H10N4O2/c1-16-7-9(6-13-16)12-14-11(15-18-12)8-3-2-4-10(17)5-8/h2-7,17H,1H3. The Morgan fingerprint density at radius 1 is 1.28 bits per heavy atom. The van der Waals surface area contributed by atoms with E-state index in [4.69, 9.17) is 4.52 Å². The van der Waals surface area contributed by atoms with E-state index in [-0.39, 0.29) is 5.75 Å². The van der Waals surface area contributed by atoms with Crippen LogP contribution in [-0.4, -0.2) is 25.0 Å². The fourth-order valence-electron chi connectivity index (χ4n) is 1.63. The highest BCUT2D eigenvalue weighted by molar-refractivity contribution is 5.60. The molecule has 0 aliphatic heterocycles. The van der Waals surface area contributed by atoms with E-state index in [1.165, 1.54) is 0 Å². The van der Waals surface area contributed by atoms with Gasteiger partial charge in [0.25, 0.3) is 5.89 Å². The molecule has 0 fully saturated rings. The predicted molar refractivity (Wildman–Crippen MR) is 63.6 cm³/mol. The molecule has 6 heteroatoms. The van der Waals surface area contributed by atoms with Gasteiger partial charge < -0.3 is 9.63 Å². The molecule has 0 unspecified atom stereocenters. The molecule has 3 aromatic rings. The van der Waals surface area contributed by atoms with Crippen molar-refractivity contribution in [2.45, 2.75) is 0 Å². The van der Waals surface area contributed by atoms with Crippen molar-refractivity contribution < 1.29 is 9.63 Å². The maximum absolute atomic E-state index is 9.40. The summed E-state index contributed by atoms with van der Waals surface area (Å²) in [5.74, 6) is 1.01. The molecule has 0 saturated carbocycles. The van der Waals surface area contributed by atoms with Crippen LogP contribution in [0.15, 0.2) is 41.2 Å². The van der Waals surface area contributed by atoms with Gasteiger partial charge in [-0.05, 0) is 12.1 Å². The first-order valence-corrected chi connectivity index (χ1v) is 5.34. The first-order chi connectivity index (χ1) is 8.72. The lowest BCUT2D eigenvalue weighted by molar-refractivity contribution is 0.432. The van der Waals surface area contributed by atoms with Gasteiger partial charge in [0.15, 0.2) is 0 Å². The molecule has 0 aliphatic rings. The zero-order chi connectivity index (χ0) is 12.5. The fourth-order valence-corrected chi connectivity index (χ4v) is 1.63. The molecule has 1 N–H and O–H groups in total. The zero-order valence-electron chi connectivity index (χ0n) is 9.61. The molecule has 0 radical (unpaired) electrons. The van der Waals surface area contributed by atoms with Crippen LogP contribution in [0.2, 0.25) is 0 Å². The van der Waals surface area contributed by atoms with Crippen molar-refractivity contribution in [3.05, 3.63) is 36.7 Å². The van der Waals surface area contributed by atoms with Gasteiger partial charge in [0, 0.05) is 18.8 Å². The van der Waals surface area contributed by atoms with Crippen LogP contribution in [-0.2, 0) is 7.05 Å². The van der Waals surface area contributed by atoms with Crippen LogP contribution < -0.4 is 0 Å². The first kappa shape index (κ1) is 10.5. The van der Waals surface area contributed by atoms with E-state index in [0.29, 0.717) is 17.3 Å². The van der Waals surface area contributed by atoms with Gasteiger partial charge in [0.05, 0.1) is 11.8 Å². The third-order valence-electron chi connectivity index (χ3n) is 2.48. The van der Waals surface area contributed by atoms with E-state index in [2.05, 4.69) is 15.2 Å². The second-order valence-electron chi connectivity index (χ2n) is 3.88. The van der Waals surface area contributed by atoms with Crippen molar-refractivity contribution in [2.24, 2.45) is 7.05 Å². The van der Waals surface area contributed by atoms with Crippen LogP contribution in [0.25, 0.3) is 22.8 Å². The van der Waals surface area contributed by atoms with Gasteiger partial charge in [0.2, 0.25) is 5.82 Å². The molecular formula is C12H10N4O2.